The summed E-state index contributed by atoms with van der Waals surface area (Å²) in [5.41, 5.74) is 0.650. The van der Waals surface area contributed by atoms with E-state index in [1.165, 1.54) is 0 Å². The lowest BCUT2D eigenvalue weighted by Crippen LogP contribution is -2.33. The maximum absolute atomic E-state index is 12.3. The lowest BCUT2D eigenvalue weighted by atomic mass is 10.1. The zero-order valence-corrected chi connectivity index (χ0v) is 13.6. The van der Waals surface area contributed by atoms with Crippen LogP contribution in [0.4, 0.5) is 0 Å². The molecule has 0 aromatic heterocycles. The summed E-state index contributed by atoms with van der Waals surface area (Å²) in [7, 11) is 1.59. The van der Waals surface area contributed by atoms with Gasteiger partial charge in [-0.1, -0.05) is 13.3 Å². The van der Waals surface area contributed by atoms with Crippen molar-refractivity contribution in [2.45, 2.75) is 19.8 Å². The van der Waals surface area contributed by atoms with Crippen molar-refractivity contribution in [3.63, 3.8) is 0 Å². The Bertz CT molecular complexity index is 437. The van der Waals surface area contributed by atoms with Gasteiger partial charge in [-0.2, -0.15) is 0 Å². The van der Waals surface area contributed by atoms with Crippen LogP contribution in [0.5, 0.6) is 5.75 Å². The molecule has 5 heteroatoms. The minimum atomic E-state index is 0.0536. The SMILES string of the molecule is CCCCN(CCO)CC(=O)c1ccc(OC)c(Br)c1. The highest BCUT2D eigenvalue weighted by atomic mass is 79.9. The smallest absolute Gasteiger partial charge is 0.176 e. The van der Waals surface area contributed by atoms with Gasteiger partial charge in [-0.25, -0.2) is 0 Å². The number of carbonyl (C=O) groups is 1. The highest BCUT2D eigenvalue weighted by molar-refractivity contribution is 9.10. The Labute approximate surface area is 128 Å². The summed E-state index contributed by atoms with van der Waals surface area (Å²) < 4.78 is 5.92. The van der Waals surface area contributed by atoms with E-state index in [1.54, 1.807) is 25.3 Å². The van der Waals surface area contributed by atoms with E-state index in [0.717, 1.165) is 23.9 Å². The van der Waals surface area contributed by atoms with E-state index in [2.05, 4.69) is 22.9 Å². The Morgan fingerprint density at radius 2 is 2.15 bits per heavy atom. The summed E-state index contributed by atoms with van der Waals surface area (Å²) in [6.07, 6.45) is 2.10. The summed E-state index contributed by atoms with van der Waals surface area (Å²) in [5.74, 6) is 0.762. The molecule has 0 heterocycles. The standard InChI is InChI=1S/C15H22BrNO3/c1-3-4-7-17(8-9-18)11-14(19)12-5-6-15(20-2)13(16)10-12/h5-6,10,18H,3-4,7-9,11H2,1-2H3. The first-order chi connectivity index (χ1) is 9.62. The fourth-order valence-corrected chi connectivity index (χ4v) is 2.47. The van der Waals surface area contributed by atoms with E-state index < -0.39 is 0 Å². The monoisotopic (exact) mass is 343 g/mol. The van der Waals surface area contributed by atoms with E-state index in [4.69, 9.17) is 9.84 Å². The molecule has 0 saturated carbocycles. The molecule has 0 amide bonds. The van der Waals surface area contributed by atoms with Crippen LogP contribution < -0.4 is 4.74 Å². The predicted molar refractivity (Wildman–Crippen MR) is 83.5 cm³/mol. The number of halogens is 1. The van der Waals surface area contributed by atoms with Crippen molar-refractivity contribution < 1.29 is 14.6 Å². The van der Waals surface area contributed by atoms with E-state index >= 15 is 0 Å². The summed E-state index contributed by atoms with van der Waals surface area (Å²) in [6, 6.07) is 5.32. The predicted octanol–water partition coefficient (Wildman–Crippen LogP) is 2.73. The quantitative estimate of drug-likeness (QED) is 0.700. The molecule has 0 unspecified atom stereocenters. The van der Waals surface area contributed by atoms with E-state index in [1.807, 2.05) is 4.90 Å². The number of ether oxygens (including phenoxy) is 1. The van der Waals surface area contributed by atoms with Crippen LogP contribution in [-0.2, 0) is 0 Å². The second kappa shape index (κ2) is 9.10. The second-order valence-corrected chi connectivity index (χ2v) is 5.48. The van der Waals surface area contributed by atoms with Crippen molar-refractivity contribution in [1.29, 1.82) is 0 Å². The molecule has 0 aliphatic rings. The lowest BCUT2D eigenvalue weighted by Gasteiger charge is -2.20. The molecule has 0 aliphatic carbocycles. The number of unbranched alkanes of at least 4 members (excludes halogenated alkanes) is 1. The fourth-order valence-electron chi connectivity index (χ4n) is 1.93. The number of rotatable bonds is 9. The maximum atomic E-state index is 12.3. The molecule has 1 aromatic carbocycles. The Balaban J connectivity index is 2.70. The van der Waals surface area contributed by atoms with E-state index in [0.29, 0.717) is 24.4 Å². The van der Waals surface area contributed by atoms with Crippen molar-refractivity contribution in [2.24, 2.45) is 0 Å². The van der Waals surface area contributed by atoms with E-state index in [-0.39, 0.29) is 12.4 Å². The molecule has 0 radical (unpaired) electrons. The Morgan fingerprint density at radius 1 is 1.40 bits per heavy atom. The van der Waals surface area contributed by atoms with Crippen LogP contribution in [0.1, 0.15) is 30.1 Å². The van der Waals surface area contributed by atoms with Gasteiger partial charge < -0.3 is 9.84 Å². The summed E-state index contributed by atoms with van der Waals surface area (Å²) >= 11 is 3.38. The number of hydrogen-bond acceptors (Lipinski definition) is 4. The minimum absolute atomic E-state index is 0.0536. The van der Waals surface area contributed by atoms with Crippen molar-refractivity contribution in [3.8, 4) is 5.75 Å². The third kappa shape index (κ3) is 5.23. The zero-order valence-electron chi connectivity index (χ0n) is 12.1. The van der Waals surface area contributed by atoms with Gasteiger partial charge in [0.2, 0.25) is 0 Å². The molecule has 0 atom stereocenters. The largest absolute Gasteiger partial charge is 0.496 e. The average molecular weight is 344 g/mol. The average Bonchev–Trinajstić information content (AvgIpc) is 2.44. The van der Waals surface area contributed by atoms with Crippen LogP contribution >= 0.6 is 15.9 Å². The highest BCUT2D eigenvalue weighted by Crippen LogP contribution is 2.25. The third-order valence-electron chi connectivity index (χ3n) is 3.09. The number of ketones is 1. The summed E-state index contributed by atoms with van der Waals surface area (Å²) in [4.78, 5) is 14.3. The molecule has 112 valence electrons. The summed E-state index contributed by atoms with van der Waals surface area (Å²) in [6.45, 7) is 3.88. The highest BCUT2D eigenvalue weighted by Gasteiger charge is 2.13. The number of carbonyl (C=O) groups excluding carboxylic acids is 1. The molecule has 1 aromatic rings. The van der Waals surface area contributed by atoms with Crippen LogP contribution in [0, 0.1) is 0 Å². The topological polar surface area (TPSA) is 49.8 Å². The van der Waals surface area contributed by atoms with Crippen LogP contribution in [0.3, 0.4) is 0 Å². The van der Waals surface area contributed by atoms with Gasteiger partial charge in [0.1, 0.15) is 5.75 Å². The van der Waals surface area contributed by atoms with Crippen molar-refractivity contribution in [3.05, 3.63) is 28.2 Å². The third-order valence-corrected chi connectivity index (χ3v) is 3.70. The van der Waals surface area contributed by atoms with Gasteiger partial charge >= 0.3 is 0 Å². The number of benzene rings is 1. The zero-order chi connectivity index (χ0) is 15.0. The Morgan fingerprint density at radius 3 is 2.70 bits per heavy atom. The molecule has 0 spiro atoms. The molecule has 0 fully saturated rings. The van der Waals surface area contributed by atoms with Gasteiger partial charge in [-0.15, -0.1) is 0 Å². The molecule has 0 bridgehead atoms. The number of hydrogen-bond donors (Lipinski definition) is 1. The fraction of sp³-hybridized carbons (Fsp3) is 0.533. The van der Waals surface area contributed by atoms with Gasteiger partial charge in [-0.05, 0) is 47.1 Å². The first kappa shape index (κ1) is 17.1. The molecule has 1 N–H and O–H groups in total. The molecule has 4 nitrogen and oxygen atoms in total. The Kier molecular flexibility index (Phi) is 7.80. The van der Waals surface area contributed by atoms with E-state index in [9.17, 15) is 4.79 Å². The number of Topliss-reactive ketones (excluding diaryl/α,β-unsaturated/α-hetero) is 1. The van der Waals surface area contributed by atoms with Gasteiger partial charge in [0.25, 0.3) is 0 Å². The van der Waals surface area contributed by atoms with Gasteiger partial charge in [-0.3, -0.25) is 9.69 Å². The van der Waals surface area contributed by atoms with Gasteiger partial charge in [0.15, 0.2) is 5.78 Å². The number of methoxy groups -OCH3 is 1. The van der Waals surface area contributed by atoms with Crippen LogP contribution in [0.15, 0.2) is 22.7 Å². The first-order valence-electron chi connectivity index (χ1n) is 6.82. The molecule has 0 aliphatic heterocycles. The number of nitrogens with zero attached hydrogens (tertiary/aromatic N) is 1. The lowest BCUT2D eigenvalue weighted by molar-refractivity contribution is 0.0913. The van der Waals surface area contributed by atoms with Crippen LogP contribution in [-0.4, -0.2) is 49.1 Å². The first-order valence-corrected chi connectivity index (χ1v) is 7.61. The van der Waals surface area contributed by atoms with Crippen LogP contribution in [0.2, 0.25) is 0 Å². The van der Waals surface area contributed by atoms with Crippen molar-refractivity contribution >= 4 is 21.7 Å². The number of aliphatic hydroxyl groups excluding tert-OH is 1. The van der Waals surface area contributed by atoms with Gasteiger partial charge in [0, 0.05) is 12.1 Å². The molecule has 0 saturated heterocycles. The molecule has 20 heavy (non-hydrogen) atoms. The minimum Gasteiger partial charge on any atom is -0.496 e. The number of aliphatic hydroxyl groups is 1. The molecular formula is C15H22BrNO3. The van der Waals surface area contributed by atoms with Crippen LogP contribution in [0.25, 0.3) is 0 Å². The second-order valence-electron chi connectivity index (χ2n) is 4.63. The van der Waals surface area contributed by atoms with Crippen molar-refractivity contribution in [1.82, 2.24) is 4.90 Å². The van der Waals surface area contributed by atoms with Crippen molar-refractivity contribution in [2.75, 3.05) is 33.4 Å². The normalized spacial score (nSPS) is 10.8. The Hall–Kier alpha value is -0.910. The molecular weight excluding hydrogens is 322 g/mol. The molecule has 1 rings (SSSR count). The maximum Gasteiger partial charge on any atom is 0.176 e. The summed E-state index contributed by atoms with van der Waals surface area (Å²) in [5, 5.41) is 9.05. The van der Waals surface area contributed by atoms with Gasteiger partial charge in [0.05, 0.1) is 24.7 Å².